The van der Waals surface area contributed by atoms with Crippen molar-refractivity contribution in [3.05, 3.63) is 20.8 Å². The molecule has 1 nitrogen and oxygen atoms in total. The first kappa shape index (κ1) is 11.9. The highest BCUT2D eigenvalue weighted by atomic mass is 79.9. The van der Waals surface area contributed by atoms with Crippen LogP contribution in [0.25, 0.3) is 0 Å². The van der Waals surface area contributed by atoms with Crippen LogP contribution in [0.15, 0.2) is 15.9 Å². The molecule has 0 bridgehead atoms. The number of hydrogen-bond donors (Lipinski definition) is 0. The Balaban J connectivity index is 2.03. The van der Waals surface area contributed by atoms with Crippen LogP contribution in [-0.2, 0) is 6.54 Å². The van der Waals surface area contributed by atoms with Crippen LogP contribution in [0.1, 0.15) is 18.2 Å². The molecule has 0 spiro atoms. The number of nitrogens with zero attached hydrogens (tertiary/aromatic N) is 1. The zero-order valence-electron chi connectivity index (χ0n) is 8.75. The highest BCUT2D eigenvalue weighted by molar-refractivity contribution is 9.10. The molecule has 1 aliphatic heterocycles. The molecule has 1 aliphatic rings. The van der Waals surface area contributed by atoms with Gasteiger partial charge in [0.25, 0.3) is 0 Å². The molecule has 2 atom stereocenters. The third-order valence-corrected chi connectivity index (χ3v) is 5.42. The van der Waals surface area contributed by atoms with Gasteiger partial charge in [0.05, 0.1) is 0 Å². The van der Waals surface area contributed by atoms with Gasteiger partial charge in [0.2, 0.25) is 0 Å². The van der Waals surface area contributed by atoms with Gasteiger partial charge in [-0.25, -0.2) is 0 Å². The molecule has 0 aliphatic carbocycles. The molecule has 0 radical (unpaired) electrons. The second-order valence-electron chi connectivity index (χ2n) is 4.15. The molecule has 0 saturated carbocycles. The zero-order chi connectivity index (χ0) is 10.8. The molecule has 2 unspecified atom stereocenters. The van der Waals surface area contributed by atoms with Crippen LogP contribution in [0.2, 0.25) is 0 Å². The topological polar surface area (TPSA) is 3.24 Å². The van der Waals surface area contributed by atoms with E-state index in [2.05, 4.69) is 39.2 Å². The van der Waals surface area contributed by atoms with Crippen molar-refractivity contribution >= 4 is 38.9 Å². The van der Waals surface area contributed by atoms with E-state index in [1.807, 2.05) is 11.3 Å². The van der Waals surface area contributed by atoms with E-state index in [9.17, 15) is 0 Å². The second kappa shape index (κ2) is 5.17. The van der Waals surface area contributed by atoms with Crippen LogP contribution >= 0.6 is 38.9 Å². The summed E-state index contributed by atoms with van der Waals surface area (Å²) in [5.74, 6) is 1.49. The Labute approximate surface area is 109 Å². The van der Waals surface area contributed by atoms with Crippen molar-refractivity contribution in [2.45, 2.75) is 25.9 Å². The maximum absolute atomic E-state index is 6.03. The van der Waals surface area contributed by atoms with Crippen molar-refractivity contribution < 1.29 is 0 Å². The van der Waals surface area contributed by atoms with Crippen molar-refractivity contribution in [3.8, 4) is 0 Å². The highest BCUT2D eigenvalue weighted by Crippen LogP contribution is 2.30. The molecule has 84 valence electrons. The summed E-state index contributed by atoms with van der Waals surface area (Å²) >= 11 is 11.4. The van der Waals surface area contributed by atoms with Gasteiger partial charge < -0.3 is 0 Å². The number of hydrogen-bond acceptors (Lipinski definition) is 2. The predicted octanol–water partition coefficient (Wildman–Crippen LogP) is 3.96. The summed E-state index contributed by atoms with van der Waals surface area (Å²) < 4.78 is 1.24. The fourth-order valence-corrected chi connectivity index (χ4v) is 4.16. The van der Waals surface area contributed by atoms with Crippen molar-refractivity contribution in [2.24, 2.45) is 5.92 Å². The maximum Gasteiger partial charge on any atom is 0.0382 e. The summed E-state index contributed by atoms with van der Waals surface area (Å²) in [6.07, 6.45) is 1.28. The average molecular weight is 309 g/mol. The quantitative estimate of drug-likeness (QED) is 0.764. The van der Waals surface area contributed by atoms with Gasteiger partial charge >= 0.3 is 0 Å². The summed E-state index contributed by atoms with van der Waals surface area (Å²) in [5.41, 5.74) is 0. The monoisotopic (exact) mass is 307 g/mol. The Hall–Kier alpha value is 0.430. The van der Waals surface area contributed by atoms with Crippen molar-refractivity contribution in [1.29, 1.82) is 0 Å². The van der Waals surface area contributed by atoms with Crippen LogP contribution in [0.5, 0.6) is 0 Å². The lowest BCUT2D eigenvalue weighted by atomic mass is 10.1. The van der Waals surface area contributed by atoms with Gasteiger partial charge in [-0.2, -0.15) is 0 Å². The van der Waals surface area contributed by atoms with Gasteiger partial charge in [-0.1, -0.05) is 6.92 Å². The van der Waals surface area contributed by atoms with Gasteiger partial charge in [-0.05, 0) is 46.3 Å². The Morgan fingerprint density at radius 1 is 1.67 bits per heavy atom. The van der Waals surface area contributed by atoms with Gasteiger partial charge in [-0.3, -0.25) is 4.90 Å². The molecule has 2 rings (SSSR count). The lowest BCUT2D eigenvalue weighted by Gasteiger charge is -2.24. The van der Waals surface area contributed by atoms with Crippen molar-refractivity contribution in [2.75, 3.05) is 12.4 Å². The minimum Gasteiger partial charge on any atom is -0.294 e. The van der Waals surface area contributed by atoms with Crippen LogP contribution in [0.4, 0.5) is 0 Å². The normalized spacial score (nSPS) is 27.4. The zero-order valence-corrected chi connectivity index (χ0v) is 11.9. The Bertz CT molecular complexity index is 328. The van der Waals surface area contributed by atoms with E-state index in [1.54, 1.807) is 0 Å². The summed E-state index contributed by atoms with van der Waals surface area (Å²) in [5, 5.41) is 2.13. The lowest BCUT2D eigenvalue weighted by Crippen LogP contribution is -2.32. The fraction of sp³-hybridized carbons (Fsp3) is 0.636. The first-order valence-corrected chi connectivity index (χ1v) is 7.45. The molecule has 4 heteroatoms. The number of rotatable bonds is 3. The van der Waals surface area contributed by atoms with E-state index in [-0.39, 0.29) is 0 Å². The van der Waals surface area contributed by atoms with Gasteiger partial charge in [0.15, 0.2) is 0 Å². The molecule has 2 heterocycles. The predicted molar refractivity (Wildman–Crippen MR) is 70.7 cm³/mol. The molecule has 1 aromatic heterocycles. The van der Waals surface area contributed by atoms with Crippen LogP contribution < -0.4 is 0 Å². The van der Waals surface area contributed by atoms with Gasteiger partial charge in [-0.15, -0.1) is 22.9 Å². The van der Waals surface area contributed by atoms with E-state index >= 15 is 0 Å². The van der Waals surface area contributed by atoms with Crippen LogP contribution in [0, 0.1) is 5.92 Å². The van der Waals surface area contributed by atoms with Crippen molar-refractivity contribution in [3.63, 3.8) is 0 Å². The molecule has 1 saturated heterocycles. The molecular weight excluding hydrogens is 294 g/mol. The molecule has 0 aromatic carbocycles. The number of halogens is 2. The Morgan fingerprint density at radius 2 is 2.47 bits per heavy atom. The van der Waals surface area contributed by atoms with Gasteiger partial charge in [0, 0.05) is 27.8 Å². The Morgan fingerprint density at radius 3 is 3.07 bits per heavy atom. The van der Waals surface area contributed by atoms with Crippen LogP contribution in [0.3, 0.4) is 0 Å². The summed E-state index contributed by atoms with van der Waals surface area (Å²) in [6, 6.07) is 2.68. The minimum atomic E-state index is 0.556. The molecule has 1 fully saturated rings. The van der Waals surface area contributed by atoms with E-state index in [0.717, 1.165) is 18.3 Å². The molecular formula is C11H15BrClNS. The SMILES string of the molecule is CC1CCN(Cc2sccc2Br)C1CCl. The van der Waals surface area contributed by atoms with E-state index in [4.69, 9.17) is 11.6 Å². The second-order valence-corrected chi connectivity index (χ2v) is 6.31. The van der Waals surface area contributed by atoms with E-state index < -0.39 is 0 Å². The third-order valence-electron chi connectivity index (χ3n) is 3.19. The molecule has 1 aromatic rings. The minimum absolute atomic E-state index is 0.556. The first-order valence-electron chi connectivity index (χ1n) is 5.24. The van der Waals surface area contributed by atoms with Crippen LogP contribution in [-0.4, -0.2) is 23.4 Å². The van der Waals surface area contributed by atoms with Crippen molar-refractivity contribution in [1.82, 2.24) is 4.90 Å². The number of alkyl halides is 1. The fourth-order valence-electron chi connectivity index (χ4n) is 2.16. The van der Waals surface area contributed by atoms with Gasteiger partial charge in [0.1, 0.15) is 0 Å². The molecule has 0 N–H and O–H groups in total. The van der Waals surface area contributed by atoms with E-state index in [0.29, 0.717) is 6.04 Å². The smallest absolute Gasteiger partial charge is 0.0382 e. The average Bonchev–Trinajstić information content (AvgIpc) is 2.76. The van der Waals surface area contributed by atoms with E-state index in [1.165, 1.54) is 22.3 Å². The maximum atomic E-state index is 6.03. The number of likely N-dealkylation sites (tertiary alicyclic amines) is 1. The number of thiophene rings is 1. The lowest BCUT2D eigenvalue weighted by molar-refractivity contribution is 0.244. The summed E-state index contributed by atoms with van der Waals surface area (Å²) in [6.45, 7) is 4.53. The summed E-state index contributed by atoms with van der Waals surface area (Å²) in [7, 11) is 0. The Kier molecular flexibility index (Phi) is 4.10. The highest BCUT2D eigenvalue weighted by Gasteiger charge is 2.30. The first-order chi connectivity index (χ1) is 7.22. The standard InChI is InChI=1S/C11H15BrClNS/c1-8-2-4-14(10(8)6-13)7-11-9(12)3-5-15-11/h3,5,8,10H,2,4,6-7H2,1H3. The summed E-state index contributed by atoms with van der Waals surface area (Å²) in [4.78, 5) is 3.92. The largest absolute Gasteiger partial charge is 0.294 e. The molecule has 15 heavy (non-hydrogen) atoms. The molecule has 0 amide bonds. The third kappa shape index (κ3) is 2.57.